The van der Waals surface area contributed by atoms with Crippen molar-refractivity contribution in [3.05, 3.63) is 94.3 Å². The number of aromatic nitrogens is 4. The van der Waals surface area contributed by atoms with Crippen molar-refractivity contribution in [1.82, 2.24) is 30.2 Å². The number of methoxy groups -OCH3 is 1. The van der Waals surface area contributed by atoms with Crippen LogP contribution in [0.1, 0.15) is 78.8 Å². The van der Waals surface area contributed by atoms with Crippen molar-refractivity contribution in [3.63, 3.8) is 0 Å². The van der Waals surface area contributed by atoms with Gasteiger partial charge in [-0.3, -0.25) is 4.79 Å². The summed E-state index contributed by atoms with van der Waals surface area (Å²) in [6.45, 7) is 11.6. The predicted octanol–water partition coefficient (Wildman–Crippen LogP) is 6.86. The van der Waals surface area contributed by atoms with Crippen LogP contribution in [0.4, 0.5) is 25.2 Å². The molecule has 0 unspecified atom stereocenters. The van der Waals surface area contributed by atoms with Crippen LogP contribution in [0.15, 0.2) is 54.6 Å². The van der Waals surface area contributed by atoms with Gasteiger partial charge in [0.25, 0.3) is 5.91 Å². The molecule has 2 aromatic heterocycles. The molecular formula is C39H46F2N8O5. The Labute approximate surface area is 313 Å². The number of ether oxygens (including phenoxy) is 3. The Kier molecular flexibility index (Phi) is 12.3. The fraction of sp³-hybridized carbons (Fsp3) is 0.385. The van der Waals surface area contributed by atoms with Crippen molar-refractivity contribution in [2.24, 2.45) is 0 Å². The van der Waals surface area contributed by atoms with Crippen molar-refractivity contribution >= 4 is 29.2 Å². The van der Waals surface area contributed by atoms with E-state index in [1.165, 1.54) is 37.4 Å². The smallest absolute Gasteiger partial charge is 0.410 e. The summed E-state index contributed by atoms with van der Waals surface area (Å²) >= 11 is 0. The van der Waals surface area contributed by atoms with E-state index in [9.17, 15) is 18.4 Å². The molecule has 1 saturated heterocycles. The van der Waals surface area contributed by atoms with E-state index in [1.807, 2.05) is 46.8 Å². The van der Waals surface area contributed by atoms with Gasteiger partial charge in [0.05, 0.1) is 24.1 Å². The second-order valence-electron chi connectivity index (χ2n) is 14.1. The van der Waals surface area contributed by atoms with Crippen LogP contribution in [0, 0.1) is 25.5 Å². The lowest BCUT2D eigenvalue weighted by atomic mass is 9.90. The zero-order valence-electron chi connectivity index (χ0n) is 31.4. The third-order valence-electron chi connectivity index (χ3n) is 8.90. The van der Waals surface area contributed by atoms with Crippen LogP contribution in [0.25, 0.3) is 5.57 Å². The van der Waals surface area contributed by atoms with Gasteiger partial charge in [-0.2, -0.15) is 5.10 Å². The molecule has 0 radical (unpaired) electrons. The molecule has 0 atom stereocenters. The molecule has 2 aliphatic rings. The highest BCUT2D eigenvalue weighted by atomic mass is 19.1. The van der Waals surface area contributed by atoms with Gasteiger partial charge in [0, 0.05) is 38.2 Å². The van der Waals surface area contributed by atoms with E-state index in [-0.39, 0.29) is 29.1 Å². The van der Waals surface area contributed by atoms with Crippen molar-refractivity contribution in [1.29, 1.82) is 0 Å². The van der Waals surface area contributed by atoms with E-state index in [1.54, 1.807) is 15.9 Å². The molecule has 54 heavy (non-hydrogen) atoms. The predicted molar refractivity (Wildman–Crippen MR) is 200 cm³/mol. The number of carbonyl (C=O) groups excluding carboxylic acids is 2. The van der Waals surface area contributed by atoms with Gasteiger partial charge in [-0.25, -0.2) is 13.6 Å². The number of anilines is 2. The zero-order valence-corrected chi connectivity index (χ0v) is 31.4. The Bertz CT molecular complexity index is 2010. The zero-order chi connectivity index (χ0) is 39.2. The Balaban J connectivity index is 0.000000230. The molecule has 1 fully saturated rings. The third kappa shape index (κ3) is 9.96. The summed E-state index contributed by atoms with van der Waals surface area (Å²) in [6.07, 6.45) is 3.84. The first kappa shape index (κ1) is 39.3. The van der Waals surface area contributed by atoms with Crippen LogP contribution in [-0.2, 0) is 4.74 Å². The van der Waals surface area contributed by atoms with Crippen LogP contribution < -0.4 is 20.9 Å². The summed E-state index contributed by atoms with van der Waals surface area (Å²) in [5.74, 6) is 0.00953. The fourth-order valence-corrected chi connectivity index (χ4v) is 6.21. The molecule has 13 nitrogen and oxygen atoms in total. The highest BCUT2D eigenvalue weighted by molar-refractivity contribution is 5.95. The summed E-state index contributed by atoms with van der Waals surface area (Å²) in [4.78, 5) is 28.4. The van der Waals surface area contributed by atoms with Crippen molar-refractivity contribution in [2.45, 2.75) is 65.4 Å². The fourth-order valence-electron chi connectivity index (χ4n) is 6.21. The molecule has 2 aromatic carbocycles. The Hall–Kier alpha value is -5.86. The lowest BCUT2D eigenvalue weighted by Crippen LogP contribution is -2.39. The summed E-state index contributed by atoms with van der Waals surface area (Å²) < 4.78 is 44.3. The number of nitrogens with zero attached hydrogens (tertiary/aromatic N) is 6. The van der Waals surface area contributed by atoms with Gasteiger partial charge in [-0.15, -0.1) is 15.3 Å². The number of piperidine rings is 1. The molecule has 0 saturated carbocycles. The SMILES string of the molecule is COc1cc(C(=O)N2CCC(c3nnc(N)cc3C)CC2)c(F)cc1Oc1ccc(F)cc1.Cc1cc(N)nnc1C1=CCN(C(=O)OC(C)(C)C)CC1. The summed E-state index contributed by atoms with van der Waals surface area (Å²) in [5, 5.41) is 16.2. The van der Waals surface area contributed by atoms with Gasteiger partial charge < -0.3 is 35.5 Å². The number of hydrogen-bond acceptors (Lipinski definition) is 11. The Morgan fingerprint density at radius 1 is 0.833 bits per heavy atom. The number of halogens is 2. The number of amides is 2. The molecule has 0 aliphatic carbocycles. The van der Waals surface area contributed by atoms with Gasteiger partial charge in [0.1, 0.15) is 34.6 Å². The van der Waals surface area contributed by atoms with Crippen LogP contribution in [0.3, 0.4) is 0 Å². The van der Waals surface area contributed by atoms with E-state index in [4.69, 9.17) is 25.7 Å². The topological polar surface area (TPSA) is 172 Å². The molecule has 2 aliphatic heterocycles. The van der Waals surface area contributed by atoms with Gasteiger partial charge >= 0.3 is 6.09 Å². The normalized spacial score (nSPS) is 14.8. The number of nitrogen functional groups attached to an aromatic ring is 2. The number of hydrogen-bond donors (Lipinski definition) is 2. The number of benzene rings is 2. The summed E-state index contributed by atoms with van der Waals surface area (Å²) in [5.41, 5.74) is 15.5. The van der Waals surface area contributed by atoms with Crippen LogP contribution in [0.2, 0.25) is 0 Å². The standard InChI is InChI=1S/C24H24F2N4O3.C15H22N4O2/c1-14-11-22(27)28-29-23(14)15-7-9-30(10-8-15)24(31)18-12-20(32-2)21(13-19(18)26)33-17-5-3-16(25)4-6-17;1-10-9-12(16)17-18-13(10)11-5-7-19(8-6-11)14(20)21-15(2,3)4/h3-6,11-13,15H,7-10H2,1-2H3,(H2,27,28);5,9H,6-8H2,1-4H3,(H2,16,17). The quantitative estimate of drug-likeness (QED) is 0.211. The first-order valence-corrected chi connectivity index (χ1v) is 17.6. The highest BCUT2D eigenvalue weighted by Crippen LogP contribution is 2.36. The van der Waals surface area contributed by atoms with Gasteiger partial charge in [0.2, 0.25) is 0 Å². The van der Waals surface area contributed by atoms with Crippen molar-refractivity contribution < 1.29 is 32.6 Å². The van der Waals surface area contributed by atoms with E-state index >= 15 is 0 Å². The lowest BCUT2D eigenvalue weighted by molar-refractivity contribution is 0.0270. The van der Waals surface area contributed by atoms with Gasteiger partial charge in [-0.1, -0.05) is 6.08 Å². The largest absolute Gasteiger partial charge is 0.493 e. The second kappa shape index (κ2) is 16.9. The Morgan fingerprint density at radius 2 is 1.48 bits per heavy atom. The summed E-state index contributed by atoms with van der Waals surface area (Å²) in [6, 6.07) is 11.3. The third-order valence-corrected chi connectivity index (χ3v) is 8.90. The van der Waals surface area contributed by atoms with E-state index in [2.05, 4.69) is 20.4 Å². The second-order valence-corrected chi connectivity index (χ2v) is 14.1. The molecule has 15 heteroatoms. The summed E-state index contributed by atoms with van der Waals surface area (Å²) in [7, 11) is 1.40. The molecule has 286 valence electrons. The minimum absolute atomic E-state index is 0.0919. The van der Waals surface area contributed by atoms with Gasteiger partial charge in [0.15, 0.2) is 11.5 Å². The molecule has 4 aromatic rings. The maximum absolute atomic E-state index is 14.9. The Morgan fingerprint density at radius 3 is 2.06 bits per heavy atom. The maximum Gasteiger partial charge on any atom is 0.410 e. The van der Waals surface area contributed by atoms with Crippen LogP contribution in [0.5, 0.6) is 17.2 Å². The average molecular weight is 745 g/mol. The monoisotopic (exact) mass is 744 g/mol. The van der Waals surface area contributed by atoms with Gasteiger partial charge in [-0.05, 0) is 113 Å². The minimum atomic E-state index is -0.722. The van der Waals surface area contributed by atoms with Crippen molar-refractivity contribution in [3.8, 4) is 17.2 Å². The molecule has 6 rings (SSSR count). The van der Waals surface area contributed by atoms with Crippen LogP contribution in [-0.4, -0.2) is 81.1 Å². The molecule has 4 heterocycles. The first-order chi connectivity index (χ1) is 25.6. The lowest BCUT2D eigenvalue weighted by Gasteiger charge is -2.32. The number of likely N-dealkylation sites (tertiary alicyclic amines) is 1. The van der Waals surface area contributed by atoms with E-state index in [0.29, 0.717) is 56.4 Å². The average Bonchev–Trinajstić information content (AvgIpc) is 3.12. The van der Waals surface area contributed by atoms with Crippen molar-refractivity contribution in [2.75, 3.05) is 44.8 Å². The van der Waals surface area contributed by atoms with E-state index in [0.717, 1.165) is 40.6 Å². The maximum atomic E-state index is 14.9. The minimum Gasteiger partial charge on any atom is -0.493 e. The molecule has 0 spiro atoms. The number of aryl methyl sites for hydroxylation is 2. The van der Waals surface area contributed by atoms with Crippen LogP contribution >= 0.6 is 0 Å². The number of nitrogens with two attached hydrogens (primary N) is 2. The number of carbonyl (C=O) groups is 2. The van der Waals surface area contributed by atoms with E-state index < -0.39 is 23.1 Å². The molecular weight excluding hydrogens is 698 g/mol. The molecule has 2 amide bonds. The molecule has 0 bridgehead atoms. The number of rotatable bonds is 6. The molecule has 4 N–H and O–H groups in total. The first-order valence-electron chi connectivity index (χ1n) is 17.6. The highest BCUT2D eigenvalue weighted by Gasteiger charge is 2.29.